The number of rotatable bonds is 5. The number of hydrogen-bond acceptors (Lipinski definition) is 4. The number of carbonyl (C=O) groups excluding carboxylic acids is 1. The zero-order valence-corrected chi connectivity index (χ0v) is 14.8. The van der Waals surface area contributed by atoms with E-state index in [1.54, 1.807) is 11.7 Å². The Hall–Kier alpha value is -2.68. The van der Waals surface area contributed by atoms with Crippen LogP contribution in [0.15, 0.2) is 24.3 Å². The zero-order chi connectivity index (χ0) is 17.9. The van der Waals surface area contributed by atoms with E-state index < -0.39 is 0 Å². The van der Waals surface area contributed by atoms with Crippen LogP contribution >= 0.6 is 0 Å². The minimum Gasteiger partial charge on any atom is -0.335 e. The fourth-order valence-electron chi connectivity index (χ4n) is 2.50. The lowest BCUT2D eigenvalue weighted by atomic mass is 10.0. The molecule has 0 aliphatic rings. The van der Waals surface area contributed by atoms with Gasteiger partial charge in [0.25, 0.3) is 5.91 Å². The molecule has 0 radical (unpaired) electrons. The zero-order valence-electron chi connectivity index (χ0n) is 14.8. The maximum absolute atomic E-state index is 12.6. The second-order valence-electron chi connectivity index (χ2n) is 6.24. The molecule has 0 bridgehead atoms. The quantitative estimate of drug-likeness (QED) is 0.846. The smallest absolute Gasteiger partial charge is 0.293 e. The van der Waals surface area contributed by atoms with Gasteiger partial charge in [-0.15, -0.1) is 5.10 Å². The van der Waals surface area contributed by atoms with Crippen LogP contribution in [0.5, 0.6) is 0 Å². The molecule has 0 saturated heterocycles. The number of benzene rings is 1. The second kappa shape index (κ2) is 7.26. The van der Waals surface area contributed by atoms with Crippen molar-refractivity contribution in [3.63, 3.8) is 0 Å². The van der Waals surface area contributed by atoms with Crippen molar-refractivity contribution < 1.29 is 4.79 Å². The number of amides is 1. The molecular weight excluding hydrogens is 302 g/mol. The first-order valence-electron chi connectivity index (χ1n) is 8.03. The largest absolute Gasteiger partial charge is 0.335 e. The van der Waals surface area contributed by atoms with Crippen LogP contribution < -0.4 is 0 Å². The Morgan fingerprint density at radius 1 is 1.33 bits per heavy atom. The number of para-hydroxylation sites is 1. The fourth-order valence-corrected chi connectivity index (χ4v) is 2.50. The van der Waals surface area contributed by atoms with Gasteiger partial charge in [-0.05, 0) is 31.4 Å². The molecule has 0 fully saturated rings. The Balaban J connectivity index is 2.38. The van der Waals surface area contributed by atoms with Gasteiger partial charge >= 0.3 is 0 Å². The molecular formula is C18H23N5O. The summed E-state index contributed by atoms with van der Waals surface area (Å²) >= 11 is 0. The summed E-state index contributed by atoms with van der Waals surface area (Å²) in [6.07, 6.45) is 0.276. The summed E-state index contributed by atoms with van der Waals surface area (Å²) in [4.78, 5) is 18.4. The molecule has 1 aromatic carbocycles. The number of nitrogens with zero attached hydrogens (tertiary/aromatic N) is 5. The molecule has 6 nitrogen and oxygen atoms in total. The highest BCUT2D eigenvalue weighted by atomic mass is 16.2. The standard InChI is InChI=1S/C18H23N5O/c1-12(2)15-8-6-7-9-16(15)23-14(4)20-17(21-23)18(24)22(5)13(3)10-11-19/h6-9,12-13H,10H2,1-5H3. The number of aryl methyl sites for hydroxylation is 1. The van der Waals surface area contributed by atoms with Crippen LogP contribution in [-0.2, 0) is 0 Å². The summed E-state index contributed by atoms with van der Waals surface area (Å²) in [6, 6.07) is 9.88. The summed E-state index contributed by atoms with van der Waals surface area (Å²) in [7, 11) is 1.67. The van der Waals surface area contributed by atoms with E-state index in [-0.39, 0.29) is 24.2 Å². The molecule has 0 aliphatic heterocycles. The van der Waals surface area contributed by atoms with Crippen LogP contribution in [0.1, 0.15) is 55.1 Å². The van der Waals surface area contributed by atoms with E-state index in [9.17, 15) is 4.79 Å². The van der Waals surface area contributed by atoms with E-state index in [4.69, 9.17) is 5.26 Å². The maximum atomic E-state index is 12.6. The Morgan fingerprint density at radius 3 is 2.62 bits per heavy atom. The first-order chi connectivity index (χ1) is 11.4. The van der Waals surface area contributed by atoms with Gasteiger partial charge in [0.15, 0.2) is 0 Å². The van der Waals surface area contributed by atoms with E-state index >= 15 is 0 Å². The van der Waals surface area contributed by atoms with E-state index in [0.29, 0.717) is 11.7 Å². The van der Waals surface area contributed by atoms with E-state index in [1.807, 2.05) is 32.0 Å². The van der Waals surface area contributed by atoms with Crippen molar-refractivity contribution in [3.05, 3.63) is 41.5 Å². The molecule has 6 heteroatoms. The van der Waals surface area contributed by atoms with Gasteiger partial charge in [-0.3, -0.25) is 4.79 Å². The van der Waals surface area contributed by atoms with Crippen LogP contribution in [0.25, 0.3) is 5.69 Å². The third kappa shape index (κ3) is 3.46. The number of nitriles is 1. The number of hydrogen-bond donors (Lipinski definition) is 0. The molecule has 0 aliphatic carbocycles. The maximum Gasteiger partial charge on any atom is 0.293 e. The van der Waals surface area contributed by atoms with Crippen molar-refractivity contribution in [1.29, 1.82) is 5.26 Å². The lowest BCUT2D eigenvalue weighted by Gasteiger charge is -2.21. The van der Waals surface area contributed by atoms with Crippen molar-refractivity contribution in [2.45, 2.75) is 46.1 Å². The molecule has 0 saturated carbocycles. The molecule has 1 heterocycles. The van der Waals surface area contributed by atoms with Crippen molar-refractivity contribution in [1.82, 2.24) is 19.7 Å². The Kier molecular flexibility index (Phi) is 5.35. The molecule has 0 spiro atoms. The van der Waals surface area contributed by atoms with Gasteiger partial charge in [0.05, 0.1) is 18.2 Å². The third-order valence-corrected chi connectivity index (χ3v) is 4.12. The highest BCUT2D eigenvalue weighted by molar-refractivity contribution is 5.90. The van der Waals surface area contributed by atoms with Gasteiger partial charge in [-0.1, -0.05) is 32.0 Å². The summed E-state index contributed by atoms with van der Waals surface area (Å²) in [5, 5.41) is 13.2. The van der Waals surface area contributed by atoms with Gasteiger partial charge in [0, 0.05) is 13.1 Å². The van der Waals surface area contributed by atoms with Crippen LogP contribution in [0, 0.1) is 18.3 Å². The summed E-state index contributed by atoms with van der Waals surface area (Å²) in [5.74, 6) is 0.870. The minimum atomic E-state index is -0.276. The predicted molar refractivity (Wildman–Crippen MR) is 92.0 cm³/mol. The van der Waals surface area contributed by atoms with Crippen molar-refractivity contribution >= 4 is 5.91 Å². The molecule has 1 atom stereocenters. The van der Waals surface area contributed by atoms with Gasteiger partial charge in [0.2, 0.25) is 5.82 Å². The average Bonchev–Trinajstić information content (AvgIpc) is 2.95. The molecule has 126 valence electrons. The van der Waals surface area contributed by atoms with Gasteiger partial charge in [-0.2, -0.15) is 5.26 Å². The normalized spacial score (nSPS) is 12.0. The SMILES string of the molecule is Cc1nc(C(=O)N(C)C(C)CC#N)nn1-c1ccccc1C(C)C. The molecule has 1 unspecified atom stereocenters. The van der Waals surface area contributed by atoms with Crippen molar-refractivity contribution in [3.8, 4) is 11.8 Å². The fraction of sp³-hybridized carbons (Fsp3) is 0.444. The van der Waals surface area contributed by atoms with Crippen LogP contribution in [0.2, 0.25) is 0 Å². The third-order valence-electron chi connectivity index (χ3n) is 4.12. The van der Waals surface area contributed by atoms with Crippen LogP contribution in [0.4, 0.5) is 0 Å². The minimum absolute atomic E-state index is 0.151. The van der Waals surface area contributed by atoms with E-state index in [1.165, 1.54) is 4.90 Å². The Labute approximate surface area is 142 Å². The molecule has 2 aromatic rings. The van der Waals surface area contributed by atoms with Crippen LogP contribution in [0.3, 0.4) is 0 Å². The van der Waals surface area contributed by atoms with Crippen molar-refractivity contribution in [2.24, 2.45) is 0 Å². The summed E-state index contributed by atoms with van der Waals surface area (Å²) in [5.41, 5.74) is 2.08. The summed E-state index contributed by atoms with van der Waals surface area (Å²) < 4.78 is 1.71. The molecule has 0 N–H and O–H groups in total. The monoisotopic (exact) mass is 325 g/mol. The molecule has 2 rings (SSSR count). The lowest BCUT2D eigenvalue weighted by Crippen LogP contribution is -2.35. The predicted octanol–water partition coefficient (Wildman–Crippen LogP) is 3.07. The molecule has 24 heavy (non-hydrogen) atoms. The van der Waals surface area contributed by atoms with Gasteiger partial charge < -0.3 is 4.90 Å². The van der Waals surface area contributed by atoms with Gasteiger partial charge in [-0.25, -0.2) is 9.67 Å². The van der Waals surface area contributed by atoms with Crippen LogP contribution in [-0.4, -0.2) is 38.7 Å². The first kappa shape index (κ1) is 17.7. The van der Waals surface area contributed by atoms with Crippen molar-refractivity contribution in [2.75, 3.05) is 7.05 Å². The highest BCUT2D eigenvalue weighted by Crippen LogP contribution is 2.23. The highest BCUT2D eigenvalue weighted by Gasteiger charge is 2.23. The Bertz CT molecular complexity index is 772. The summed E-state index contributed by atoms with van der Waals surface area (Å²) in [6.45, 7) is 7.90. The second-order valence-corrected chi connectivity index (χ2v) is 6.24. The van der Waals surface area contributed by atoms with Gasteiger partial charge in [0.1, 0.15) is 5.82 Å². The van der Waals surface area contributed by atoms with E-state index in [0.717, 1.165) is 11.3 Å². The molecule has 1 amide bonds. The molecule has 1 aromatic heterocycles. The van der Waals surface area contributed by atoms with E-state index in [2.05, 4.69) is 36.1 Å². The number of aromatic nitrogens is 3. The lowest BCUT2D eigenvalue weighted by molar-refractivity contribution is 0.0734. The average molecular weight is 325 g/mol. The first-order valence-corrected chi connectivity index (χ1v) is 8.03. The number of carbonyl (C=O) groups is 1. The topological polar surface area (TPSA) is 74.8 Å². The Morgan fingerprint density at radius 2 is 2.00 bits per heavy atom.